The Morgan fingerprint density at radius 2 is 2.19 bits per heavy atom. The van der Waals surface area contributed by atoms with E-state index in [1.807, 2.05) is 0 Å². The molecule has 2 aromatic rings. The third kappa shape index (κ3) is 1.60. The van der Waals surface area contributed by atoms with Gasteiger partial charge < -0.3 is 4.98 Å². The Kier molecular flexibility index (Phi) is 2.32. The van der Waals surface area contributed by atoms with Gasteiger partial charge in [0.2, 0.25) is 0 Å². The van der Waals surface area contributed by atoms with E-state index in [0.29, 0.717) is 11.3 Å². The minimum Gasteiger partial charge on any atom is -0.312 e. The van der Waals surface area contributed by atoms with Crippen molar-refractivity contribution in [3.8, 4) is 5.69 Å². The molecule has 0 unspecified atom stereocenters. The molecule has 1 aromatic carbocycles. The number of H-pyrrole nitrogens is 1. The van der Waals surface area contributed by atoms with Crippen LogP contribution in [0.1, 0.15) is 5.56 Å². The average molecular weight is 219 g/mol. The number of aromatic nitrogens is 2. The fraction of sp³-hybridized carbons (Fsp3) is 0.100. The van der Waals surface area contributed by atoms with E-state index in [1.54, 1.807) is 19.2 Å². The number of hydrogen-bond donors (Lipinski definition) is 1. The van der Waals surface area contributed by atoms with Gasteiger partial charge in [-0.15, -0.1) is 0 Å². The van der Waals surface area contributed by atoms with Gasteiger partial charge in [0.05, 0.1) is 10.6 Å². The van der Waals surface area contributed by atoms with Crippen LogP contribution in [0.15, 0.2) is 35.4 Å². The maximum Gasteiger partial charge on any atom is 0.330 e. The van der Waals surface area contributed by atoms with Gasteiger partial charge in [-0.05, 0) is 18.6 Å². The minimum atomic E-state index is -0.462. The summed E-state index contributed by atoms with van der Waals surface area (Å²) in [6, 6.07) is 4.37. The van der Waals surface area contributed by atoms with Gasteiger partial charge in [0.15, 0.2) is 0 Å². The molecule has 6 heteroatoms. The molecule has 1 N–H and O–H groups in total. The second kappa shape index (κ2) is 3.65. The van der Waals surface area contributed by atoms with Crippen molar-refractivity contribution in [2.45, 2.75) is 6.92 Å². The molecule has 0 saturated carbocycles. The first-order valence-corrected chi connectivity index (χ1v) is 4.61. The van der Waals surface area contributed by atoms with Crippen molar-refractivity contribution in [1.29, 1.82) is 0 Å². The number of aryl methyl sites for hydroxylation is 1. The molecule has 0 fully saturated rings. The van der Waals surface area contributed by atoms with Crippen molar-refractivity contribution < 1.29 is 4.92 Å². The Morgan fingerprint density at radius 3 is 2.69 bits per heavy atom. The highest BCUT2D eigenvalue weighted by Gasteiger charge is 2.09. The summed E-state index contributed by atoms with van der Waals surface area (Å²) in [5.41, 5.74) is 1.06. The largest absolute Gasteiger partial charge is 0.330 e. The van der Waals surface area contributed by atoms with E-state index in [0.717, 1.165) is 0 Å². The Bertz CT molecular complexity index is 597. The summed E-state index contributed by atoms with van der Waals surface area (Å²) in [6.07, 6.45) is 3.10. The van der Waals surface area contributed by atoms with Crippen LogP contribution in [0.2, 0.25) is 0 Å². The molecule has 82 valence electrons. The van der Waals surface area contributed by atoms with Crippen LogP contribution in [0.25, 0.3) is 5.69 Å². The van der Waals surface area contributed by atoms with E-state index in [9.17, 15) is 14.9 Å². The molecule has 0 aliphatic rings. The highest BCUT2D eigenvalue weighted by molar-refractivity contribution is 5.47. The number of non-ortho nitro benzene ring substituents is 1. The number of imidazole rings is 1. The van der Waals surface area contributed by atoms with Crippen molar-refractivity contribution in [2.75, 3.05) is 0 Å². The summed E-state index contributed by atoms with van der Waals surface area (Å²) in [6.45, 7) is 1.72. The smallest absolute Gasteiger partial charge is 0.312 e. The molecular formula is C10H9N3O3. The van der Waals surface area contributed by atoms with Gasteiger partial charge in [-0.3, -0.25) is 14.7 Å². The van der Waals surface area contributed by atoms with Crippen molar-refractivity contribution in [1.82, 2.24) is 9.55 Å². The number of nitrogens with zero attached hydrogens (tertiary/aromatic N) is 2. The predicted molar refractivity (Wildman–Crippen MR) is 57.8 cm³/mol. The van der Waals surface area contributed by atoms with Crippen LogP contribution in [0, 0.1) is 17.0 Å². The number of rotatable bonds is 2. The summed E-state index contributed by atoms with van der Waals surface area (Å²) in [5, 5.41) is 10.5. The molecule has 0 aliphatic carbocycles. The number of nitro groups is 1. The van der Waals surface area contributed by atoms with E-state index in [1.165, 1.54) is 22.9 Å². The fourth-order valence-electron chi connectivity index (χ4n) is 1.53. The van der Waals surface area contributed by atoms with Crippen molar-refractivity contribution >= 4 is 5.69 Å². The third-order valence-corrected chi connectivity index (χ3v) is 2.30. The van der Waals surface area contributed by atoms with Crippen LogP contribution in [0.3, 0.4) is 0 Å². The van der Waals surface area contributed by atoms with E-state index < -0.39 is 4.92 Å². The number of aromatic amines is 1. The number of benzene rings is 1. The van der Waals surface area contributed by atoms with E-state index >= 15 is 0 Å². The molecule has 0 saturated heterocycles. The first-order valence-electron chi connectivity index (χ1n) is 4.61. The summed E-state index contributed by atoms with van der Waals surface area (Å²) < 4.78 is 1.40. The van der Waals surface area contributed by atoms with Crippen LogP contribution in [-0.2, 0) is 0 Å². The molecule has 0 bridgehead atoms. The Labute approximate surface area is 90.3 Å². The Balaban J connectivity index is 2.57. The van der Waals surface area contributed by atoms with Gasteiger partial charge in [-0.2, -0.15) is 0 Å². The second-order valence-electron chi connectivity index (χ2n) is 3.36. The van der Waals surface area contributed by atoms with Crippen molar-refractivity contribution in [2.24, 2.45) is 0 Å². The van der Waals surface area contributed by atoms with Crippen molar-refractivity contribution in [3.63, 3.8) is 0 Å². The van der Waals surface area contributed by atoms with Gasteiger partial charge in [0.1, 0.15) is 0 Å². The van der Waals surface area contributed by atoms with E-state index in [4.69, 9.17) is 0 Å². The lowest BCUT2D eigenvalue weighted by Crippen LogP contribution is -2.14. The molecule has 6 nitrogen and oxygen atoms in total. The SMILES string of the molecule is Cc1cc([N+](=O)[O-])ccc1-n1cc[nH]c1=O. The van der Waals surface area contributed by atoms with Gasteiger partial charge in [-0.25, -0.2) is 4.79 Å². The quantitative estimate of drug-likeness (QED) is 0.612. The maximum atomic E-state index is 11.4. The molecule has 0 radical (unpaired) electrons. The molecule has 16 heavy (non-hydrogen) atoms. The van der Waals surface area contributed by atoms with Crippen LogP contribution in [0.4, 0.5) is 5.69 Å². The zero-order valence-corrected chi connectivity index (χ0v) is 8.51. The summed E-state index contributed by atoms with van der Waals surface area (Å²) in [5.74, 6) is 0. The fourth-order valence-corrected chi connectivity index (χ4v) is 1.53. The average Bonchev–Trinajstić information content (AvgIpc) is 2.64. The number of hydrogen-bond acceptors (Lipinski definition) is 3. The van der Waals surface area contributed by atoms with E-state index in [2.05, 4.69) is 4.98 Å². The van der Waals surface area contributed by atoms with Gasteiger partial charge in [0, 0.05) is 24.5 Å². The molecule has 0 atom stereocenters. The Morgan fingerprint density at radius 1 is 1.44 bits per heavy atom. The van der Waals surface area contributed by atoms with Crippen LogP contribution in [-0.4, -0.2) is 14.5 Å². The molecule has 0 spiro atoms. The number of nitro benzene ring substituents is 1. The molecule has 1 heterocycles. The summed E-state index contributed by atoms with van der Waals surface area (Å²) >= 11 is 0. The summed E-state index contributed by atoms with van der Waals surface area (Å²) in [7, 11) is 0. The van der Waals surface area contributed by atoms with E-state index in [-0.39, 0.29) is 11.4 Å². The van der Waals surface area contributed by atoms with Gasteiger partial charge in [0.25, 0.3) is 5.69 Å². The van der Waals surface area contributed by atoms with Gasteiger partial charge in [-0.1, -0.05) is 0 Å². The lowest BCUT2D eigenvalue weighted by Gasteiger charge is -2.04. The van der Waals surface area contributed by atoms with Crippen LogP contribution in [0.5, 0.6) is 0 Å². The second-order valence-corrected chi connectivity index (χ2v) is 3.36. The predicted octanol–water partition coefficient (Wildman–Crippen LogP) is 1.38. The molecular weight excluding hydrogens is 210 g/mol. The molecule has 0 amide bonds. The lowest BCUT2D eigenvalue weighted by atomic mass is 10.2. The monoisotopic (exact) mass is 219 g/mol. The zero-order valence-electron chi connectivity index (χ0n) is 8.51. The number of nitrogens with one attached hydrogen (secondary N) is 1. The van der Waals surface area contributed by atoms with Crippen LogP contribution >= 0.6 is 0 Å². The normalized spacial score (nSPS) is 10.3. The Hall–Kier alpha value is -2.37. The van der Waals surface area contributed by atoms with Gasteiger partial charge >= 0.3 is 5.69 Å². The topological polar surface area (TPSA) is 80.9 Å². The summed E-state index contributed by atoms with van der Waals surface area (Å²) in [4.78, 5) is 24.0. The molecule has 0 aliphatic heterocycles. The molecule has 1 aromatic heterocycles. The van der Waals surface area contributed by atoms with Crippen molar-refractivity contribution in [3.05, 3.63) is 56.8 Å². The third-order valence-electron chi connectivity index (χ3n) is 2.30. The maximum absolute atomic E-state index is 11.4. The first kappa shape index (κ1) is 10.2. The molecule has 2 rings (SSSR count). The van der Waals surface area contributed by atoms with Crippen LogP contribution < -0.4 is 5.69 Å². The minimum absolute atomic E-state index is 0.0184. The highest BCUT2D eigenvalue weighted by atomic mass is 16.6. The zero-order chi connectivity index (χ0) is 11.7. The first-order chi connectivity index (χ1) is 7.59. The lowest BCUT2D eigenvalue weighted by molar-refractivity contribution is -0.384. The highest BCUT2D eigenvalue weighted by Crippen LogP contribution is 2.19. The standard InChI is InChI=1S/C10H9N3O3/c1-7-6-8(13(15)16)2-3-9(7)12-5-4-11-10(12)14/h2-6H,1H3,(H,11,14).